The second-order valence-corrected chi connectivity index (χ2v) is 5.96. The molecule has 0 saturated heterocycles. The van der Waals surface area contributed by atoms with Crippen molar-refractivity contribution in [3.63, 3.8) is 0 Å². The number of nitrogens with zero attached hydrogens (tertiary/aromatic N) is 3. The van der Waals surface area contributed by atoms with Gasteiger partial charge in [0.1, 0.15) is 0 Å². The highest BCUT2D eigenvalue weighted by Crippen LogP contribution is 2.02. The molecular weight excluding hydrogens is 258 g/mol. The highest BCUT2D eigenvalue weighted by atomic mass is 15.2. The first-order valence-corrected chi connectivity index (χ1v) is 9.38. The highest BCUT2D eigenvalue weighted by molar-refractivity contribution is 4.61. The van der Waals surface area contributed by atoms with Gasteiger partial charge in [-0.2, -0.15) is 0 Å². The minimum absolute atomic E-state index is 1.18. The van der Waals surface area contributed by atoms with Crippen molar-refractivity contribution in [2.75, 3.05) is 58.9 Å². The average Bonchev–Trinajstić information content (AvgIpc) is 2.52. The molecule has 128 valence electrons. The fraction of sp³-hybridized carbons (Fsp3) is 1.00. The molecule has 0 aliphatic carbocycles. The summed E-state index contributed by atoms with van der Waals surface area (Å²) in [6.45, 7) is 22.4. The molecule has 3 nitrogen and oxygen atoms in total. The number of unbranched alkanes of at least 4 members (excludes halogenated alkanes) is 2. The summed E-state index contributed by atoms with van der Waals surface area (Å²) in [5, 5.41) is 0. The van der Waals surface area contributed by atoms with Crippen LogP contribution in [0.15, 0.2) is 0 Å². The molecule has 0 fully saturated rings. The smallest absolute Gasteiger partial charge is 0.0109 e. The zero-order chi connectivity index (χ0) is 15.9. The Morgan fingerprint density at radius 3 is 1.29 bits per heavy atom. The van der Waals surface area contributed by atoms with Gasteiger partial charge in [-0.3, -0.25) is 0 Å². The summed E-state index contributed by atoms with van der Waals surface area (Å²) in [6, 6.07) is 0. The molecule has 0 amide bonds. The summed E-state index contributed by atoms with van der Waals surface area (Å²) in [6.07, 6.45) is 5.38. The molecule has 0 aromatic carbocycles. The van der Waals surface area contributed by atoms with E-state index < -0.39 is 0 Å². The summed E-state index contributed by atoms with van der Waals surface area (Å²) < 4.78 is 0. The molecule has 3 heteroatoms. The molecule has 0 atom stereocenters. The Labute approximate surface area is 134 Å². The van der Waals surface area contributed by atoms with Crippen molar-refractivity contribution in [2.24, 2.45) is 0 Å². The lowest BCUT2D eigenvalue weighted by molar-refractivity contribution is 0.215. The number of hydrogen-bond donors (Lipinski definition) is 0. The van der Waals surface area contributed by atoms with Crippen molar-refractivity contribution in [3.05, 3.63) is 0 Å². The summed E-state index contributed by atoms with van der Waals surface area (Å²) in [5.41, 5.74) is 0. The van der Waals surface area contributed by atoms with Crippen LogP contribution in [-0.2, 0) is 0 Å². The fourth-order valence-corrected chi connectivity index (χ4v) is 2.84. The summed E-state index contributed by atoms with van der Waals surface area (Å²) in [7, 11) is 0. The van der Waals surface area contributed by atoms with Gasteiger partial charge >= 0.3 is 0 Å². The Bertz CT molecular complexity index is 205. The molecule has 0 N–H and O–H groups in total. The average molecular weight is 300 g/mol. The van der Waals surface area contributed by atoms with Crippen LogP contribution in [0.5, 0.6) is 0 Å². The predicted molar refractivity (Wildman–Crippen MR) is 96.2 cm³/mol. The van der Waals surface area contributed by atoms with Crippen molar-refractivity contribution < 1.29 is 0 Å². The van der Waals surface area contributed by atoms with Crippen LogP contribution in [0.4, 0.5) is 0 Å². The summed E-state index contributed by atoms with van der Waals surface area (Å²) in [4.78, 5) is 7.71. The van der Waals surface area contributed by atoms with E-state index in [-0.39, 0.29) is 0 Å². The Morgan fingerprint density at radius 2 is 0.857 bits per heavy atom. The van der Waals surface area contributed by atoms with Gasteiger partial charge in [-0.25, -0.2) is 0 Å². The Balaban J connectivity index is 3.67. The molecule has 0 aromatic rings. The van der Waals surface area contributed by atoms with Gasteiger partial charge in [0.15, 0.2) is 0 Å². The van der Waals surface area contributed by atoms with Gasteiger partial charge in [0.05, 0.1) is 0 Å². The first-order valence-electron chi connectivity index (χ1n) is 9.38. The van der Waals surface area contributed by atoms with Gasteiger partial charge in [-0.1, -0.05) is 41.0 Å². The maximum Gasteiger partial charge on any atom is 0.0109 e. The third-order valence-electron chi connectivity index (χ3n) is 4.51. The van der Waals surface area contributed by atoms with Crippen LogP contribution in [-0.4, -0.2) is 73.6 Å². The van der Waals surface area contributed by atoms with Gasteiger partial charge in [0.2, 0.25) is 0 Å². The SMILES string of the molecule is CCCN(CC)CCCCCN(CC)CCN(CC)CC. The van der Waals surface area contributed by atoms with Crippen LogP contribution in [0.25, 0.3) is 0 Å². The van der Waals surface area contributed by atoms with Crippen LogP contribution < -0.4 is 0 Å². The van der Waals surface area contributed by atoms with Gasteiger partial charge in [0.25, 0.3) is 0 Å². The van der Waals surface area contributed by atoms with Gasteiger partial charge in [-0.05, 0) is 65.1 Å². The van der Waals surface area contributed by atoms with E-state index in [4.69, 9.17) is 0 Å². The molecule has 0 saturated carbocycles. The largest absolute Gasteiger partial charge is 0.304 e. The molecule has 0 aliphatic heterocycles. The van der Waals surface area contributed by atoms with Crippen LogP contribution in [0, 0.1) is 0 Å². The molecule has 0 radical (unpaired) electrons. The zero-order valence-electron chi connectivity index (χ0n) is 15.5. The normalized spacial score (nSPS) is 12.0. The van der Waals surface area contributed by atoms with E-state index in [1.165, 1.54) is 84.6 Å². The zero-order valence-corrected chi connectivity index (χ0v) is 15.5. The van der Waals surface area contributed by atoms with E-state index in [2.05, 4.69) is 49.3 Å². The minimum Gasteiger partial charge on any atom is -0.304 e. The van der Waals surface area contributed by atoms with Crippen molar-refractivity contribution in [1.29, 1.82) is 0 Å². The van der Waals surface area contributed by atoms with E-state index in [0.29, 0.717) is 0 Å². The minimum atomic E-state index is 1.18. The van der Waals surface area contributed by atoms with Crippen LogP contribution in [0.2, 0.25) is 0 Å². The molecule has 0 aromatic heterocycles. The van der Waals surface area contributed by atoms with Gasteiger partial charge in [-0.15, -0.1) is 0 Å². The standard InChI is InChI=1S/C18H41N3/c1-6-14-20(9-4)15-12-11-13-16-21(10-5)18-17-19(7-2)8-3/h6-18H2,1-5H3. The molecule has 0 aliphatic rings. The lowest BCUT2D eigenvalue weighted by atomic mass is 10.2. The van der Waals surface area contributed by atoms with Gasteiger partial charge < -0.3 is 14.7 Å². The summed E-state index contributed by atoms with van der Waals surface area (Å²) in [5.74, 6) is 0. The third-order valence-corrected chi connectivity index (χ3v) is 4.51. The Kier molecular flexibility index (Phi) is 14.7. The van der Waals surface area contributed by atoms with Crippen LogP contribution in [0.1, 0.15) is 60.3 Å². The van der Waals surface area contributed by atoms with E-state index in [1.807, 2.05) is 0 Å². The second kappa shape index (κ2) is 14.8. The topological polar surface area (TPSA) is 9.72 Å². The van der Waals surface area contributed by atoms with Crippen LogP contribution in [0.3, 0.4) is 0 Å². The quantitative estimate of drug-likeness (QED) is 0.428. The first kappa shape index (κ1) is 20.9. The number of hydrogen-bond acceptors (Lipinski definition) is 3. The molecule has 21 heavy (non-hydrogen) atoms. The predicted octanol–water partition coefficient (Wildman–Crippen LogP) is 3.55. The lowest BCUT2D eigenvalue weighted by Gasteiger charge is -2.25. The van der Waals surface area contributed by atoms with Crippen molar-refractivity contribution in [1.82, 2.24) is 14.7 Å². The van der Waals surface area contributed by atoms with Crippen molar-refractivity contribution >= 4 is 0 Å². The van der Waals surface area contributed by atoms with E-state index >= 15 is 0 Å². The van der Waals surface area contributed by atoms with Crippen molar-refractivity contribution in [3.8, 4) is 0 Å². The maximum atomic E-state index is 2.61. The first-order chi connectivity index (χ1) is 10.2. The lowest BCUT2D eigenvalue weighted by Crippen LogP contribution is -2.35. The molecular formula is C18H41N3. The highest BCUT2D eigenvalue weighted by Gasteiger charge is 2.05. The molecule has 0 spiro atoms. The Morgan fingerprint density at radius 1 is 0.429 bits per heavy atom. The third kappa shape index (κ3) is 11.1. The van der Waals surface area contributed by atoms with Crippen LogP contribution >= 0.6 is 0 Å². The number of rotatable bonds is 15. The fourth-order valence-electron chi connectivity index (χ4n) is 2.84. The molecule has 0 bridgehead atoms. The molecule has 0 rings (SSSR count). The monoisotopic (exact) mass is 299 g/mol. The van der Waals surface area contributed by atoms with E-state index in [0.717, 1.165) is 0 Å². The maximum absolute atomic E-state index is 2.61. The second-order valence-electron chi connectivity index (χ2n) is 5.96. The number of likely N-dealkylation sites (N-methyl/N-ethyl adjacent to an activating group) is 2. The van der Waals surface area contributed by atoms with E-state index in [1.54, 1.807) is 0 Å². The van der Waals surface area contributed by atoms with Crippen molar-refractivity contribution in [2.45, 2.75) is 60.3 Å². The van der Waals surface area contributed by atoms with E-state index in [9.17, 15) is 0 Å². The molecule has 0 unspecified atom stereocenters. The Hall–Kier alpha value is -0.120. The van der Waals surface area contributed by atoms with Gasteiger partial charge in [0, 0.05) is 13.1 Å². The molecule has 0 heterocycles. The summed E-state index contributed by atoms with van der Waals surface area (Å²) >= 11 is 0.